The molecule has 100 valence electrons. The van der Waals surface area contributed by atoms with Gasteiger partial charge in [-0.1, -0.05) is 28.1 Å². The van der Waals surface area contributed by atoms with Crippen molar-refractivity contribution in [1.82, 2.24) is 14.8 Å². The summed E-state index contributed by atoms with van der Waals surface area (Å²) in [5, 5.41) is 4.54. The molecule has 2 aromatic heterocycles. The maximum atomic E-state index is 6.05. The van der Waals surface area contributed by atoms with Gasteiger partial charge in [-0.2, -0.15) is 9.78 Å². The molecule has 0 aliphatic rings. The van der Waals surface area contributed by atoms with Gasteiger partial charge in [-0.15, -0.1) is 0 Å². The number of hydrogen-bond donors (Lipinski definition) is 1. The molecule has 2 heterocycles. The van der Waals surface area contributed by atoms with Crippen LogP contribution in [0.15, 0.2) is 53.1 Å². The number of benzene rings is 1. The molecule has 0 bridgehead atoms. The standard InChI is InChI=1S/C15H13BrN4/c1-10-5-6-18-15(7-10)20-14(17)9-13(19-20)11-3-2-4-12(16)8-11/h2-9H,17H2,1H3. The number of anilines is 1. The largest absolute Gasteiger partial charge is 0.384 e. The number of aromatic nitrogens is 3. The monoisotopic (exact) mass is 328 g/mol. The van der Waals surface area contributed by atoms with E-state index in [0.717, 1.165) is 27.1 Å². The molecular weight excluding hydrogens is 316 g/mol. The zero-order chi connectivity index (χ0) is 14.1. The van der Waals surface area contributed by atoms with E-state index in [1.54, 1.807) is 10.9 Å². The average molecular weight is 329 g/mol. The van der Waals surface area contributed by atoms with E-state index in [9.17, 15) is 0 Å². The average Bonchev–Trinajstić information content (AvgIpc) is 2.81. The first-order valence-corrected chi connectivity index (χ1v) is 6.97. The number of halogens is 1. The highest BCUT2D eigenvalue weighted by Gasteiger charge is 2.10. The quantitative estimate of drug-likeness (QED) is 0.782. The second-order valence-electron chi connectivity index (χ2n) is 4.57. The third kappa shape index (κ3) is 2.44. The number of nitrogen functional groups attached to an aromatic ring is 1. The minimum Gasteiger partial charge on any atom is -0.384 e. The van der Waals surface area contributed by atoms with Crippen LogP contribution in [-0.2, 0) is 0 Å². The Kier molecular flexibility index (Phi) is 3.28. The Morgan fingerprint density at radius 1 is 1.15 bits per heavy atom. The van der Waals surface area contributed by atoms with Crippen LogP contribution in [0, 0.1) is 6.92 Å². The van der Waals surface area contributed by atoms with Crippen molar-refractivity contribution in [3.8, 4) is 17.1 Å². The molecular formula is C15H13BrN4. The summed E-state index contributed by atoms with van der Waals surface area (Å²) in [6, 6.07) is 13.7. The van der Waals surface area contributed by atoms with Crippen LogP contribution in [0.4, 0.5) is 5.82 Å². The van der Waals surface area contributed by atoms with Gasteiger partial charge < -0.3 is 5.73 Å². The second kappa shape index (κ2) is 5.09. The summed E-state index contributed by atoms with van der Waals surface area (Å²) in [7, 11) is 0. The molecule has 0 aliphatic heterocycles. The van der Waals surface area contributed by atoms with Crippen LogP contribution in [0.3, 0.4) is 0 Å². The summed E-state index contributed by atoms with van der Waals surface area (Å²) in [4.78, 5) is 4.31. The van der Waals surface area contributed by atoms with Crippen LogP contribution in [0.5, 0.6) is 0 Å². The summed E-state index contributed by atoms with van der Waals surface area (Å²) in [5.74, 6) is 1.29. The minimum absolute atomic E-state index is 0.568. The highest BCUT2D eigenvalue weighted by molar-refractivity contribution is 9.10. The molecule has 0 spiro atoms. The molecule has 5 heteroatoms. The van der Waals surface area contributed by atoms with E-state index in [-0.39, 0.29) is 0 Å². The summed E-state index contributed by atoms with van der Waals surface area (Å²) in [6.45, 7) is 2.01. The van der Waals surface area contributed by atoms with Gasteiger partial charge in [0.15, 0.2) is 5.82 Å². The van der Waals surface area contributed by atoms with Crippen molar-refractivity contribution in [1.29, 1.82) is 0 Å². The fourth-order valence-corrected chi connectivity index (χ4v) is 2.40. The lowest BCUT2D eigenvalue weighted by molar-refractivity contribution is 0.858. The summed E-state index contributed by atoms with van der Waals surface area (Å²) in [6.07, 6.45) is 1.75. The Balaban J connectivity index is 2.08. The Labute approximate surface area is 125 Å². The lowest BCUT2D eigenvalue weighted by Gasteiger charge is -2.03. The molecule has 3 aromatic rings. The highest BCUT2D eigenvalue weighted by atomic mass is 79.9. The van der Waals surface area contributed by atoms with E-state index in [1.165, 1.54) is 0 Å². The summed E-state index contributed by atoms with van der Waals surface area (Å²) in [5.41, 5.74) is 9.00. The number of nitrogens with zero attached hydrogens (tertiary/aromatic N) is 3. The zero-order valence-electron chi connectivity index (χ0n) is 10.9. The predicted octanol–water partition coefficient (Wildman–Crippen LogP) is 3.59. The molecule has 2 N–H and O–H groups in total. The van der Waals surface area contributed by atoms with Gasteiger partial charge in [-0.3, -0.25) is 0 Å². The Morgan fingerprint density at radius 2 is 2.00 bits per heavy atom. The van der Waals surface area contributed by atoms with Crippen LogP contribution in [0.1, 0.15) is 5.56 Å². The molecule has 20 heavy (non-hydrogen) atoms. The van der Waals surface area contributed by atoms with Gasteiger partial charge >= 0.3 is 0 Å². The van der Waals surface area contributed by atoms with E-state index < -0.39 is 0 Å². The minimum atomic E-state index is 0.568. The molecule has 0 atom stereocenters. The van der Waals surface area contributed by atoms with Crippen molar-refractivity contribution in [3.63, 3.8) is 0 Å². The normalized spacial score (nSPS) is 10.7. The topological polar surface area (TPSA) is 56.7 Å². The first-order valence-electron chi connectivity index (χ1n) is 6.18. The van der Waals surface area contributed by atoms with Crippen LogP contribution >= 0.6 is 15.9 Å². The fraction of sp³-hybridized carbons (Fsp3) is 0.0667. The van der Waals surface area contributed by atoms with Crippen molar-refractivity contribution < 1.29 is 0 Å². The van der Waals surface area contributed by atoms with Gasteiger partial charge in [-0.05, 0) is 36.8 Å². The molecule has 0 saturated carbocycles. The first kappa shape index (κ1) is 12.9. The molecule has 0 saturated heterocycles. The lowest BCUT2D eigenvalue weighted by atomic mass is 10.2. The Bertz CT molecular complexity index is 764. The van der Waals surface area contributed by atoms with Gasteiger partial charge in [0.25, 0.3) is 0 Å². The zero-order valence-corrected chi connectivity index (χ0v) is 12.5. The lowest BCUT2D eigenvalue weighted by Crippen LogP contribution is -2.03. The van der Waals surface area contributed by atoms with Crippen LogP contribution in [-0.4, -0.2) is 14.8 Å². The van der Waals surface area contributed by atoms with Gasteiger partial charge in [0.1, 0.15) is 5.82 Å². The summed E-state index contributed by atoms with van der Waals surface area (Å²) < 4.78 is 2.67. The molecule has 1 aromatic carbocycles. The van der Waals surface area contributed by atoms with Gasteiger partial charge in [0.05, 0.1) is 5.69 Å². The van der Waals surface area contributed by atoms with Crippen molar-refractivity contribution >= 4 is 21.7 Å². The Hall–Kier alpha value is -2.14. The van der Waals surface area contributed by atoms with Gasteiger partial charge in [0.2, 0.25) is 0 Å². The highest BCUT2D eigenvalue weighted by Crippen LogP contribution is 2.24. The maximum Gasteiger partial charge on any atom is 0.155 e. The van der Waals surface area contributed by atoms with E-state index >= 15 is 0 Å². The van der Waals surface area contributed by atoms with Crippen LogP contribution < -0.4 is 5.73 Å². The van der Waals surface area contributed by atoms with Gasteiger partial charge in [0, 0.05) is 22.3 Å². The molecule has 4 nitrogen and oxygen atoms in total. The molecule has 0 amide bonds. The maximum absolute atomic E-state index is 6.05. The van der Waals surface area contributed by atoms with E-state index in [2.05, 4.69) is 26.0 Å². The number of hydrogen-bond acceptors (Lipinski definition) is 3. The second-order valence-corrected chi connectivity index (χ2v) is 5.48. The number of rotatable bonds is 2. The van der Waals surface area contributed by atoms with E-state index in [0.29, 0.717) is 5.82 Å². The van der Waals surface area contributed by atoms with Crippen molar-refractivity contribution in [2.75, 3.05) is 5.73 Å². The molecule has 0 fully saturated rings. The molecule has 0 aliphatic carbocycles. The fourth-order valence-electron chi connectivity index (χ4n) is 2.00. The molecule has 0 radical (unpaired) electrons. The molecule has 3 rings (SSSR count). The smallest absolute Gasteiger partial charge is 0.155 e. The van der Waals surface area contributed by atoms with Crippen LogP contribution in [0.2, 0.25) is 0 Å². The van der Waals surface area contributed by atoms with Crippen LogP contribution in [0.25, 0.3) is 17.1 Å². The predicted molar refractivity (Wildman–Crippen MR) is 83.6 cm³/mol. The van der Waals surface area contributed by atoms with E-state index in [4.69, 9.17) is 5.73 Å². The summed E-state index contributed by atoms with van der Waals surface area (Å²) >= 11 is 3.46. The Morgan fingerprint density at radius 3 is 2.75 bits per heavy atom. The van der Waals surface area contributed by atoms with E-state index in [1.807, 2.05) is 49.4 Å². The van der Waals surface area contributed by atoms with Crippen molar-refractivity contribution in [2.45, 2.75) is 6.92 Å². The molecule has 0 unspecified atom stereocenters. The number of aryl methyl sites for hydroxylation is 1. The number of nitrogens with two attached hydrogens (primary N) is 1. The number of pyridine rings is 1. The third-order valence-corrected chi connectivity index (χ3v) is 3.47. The van der Waals surface area contributed by atoms with Crippen molar-refractivity contribution in [2.24, 2.45) is 0 Å². The first-order chi connectivity index (χ1) is 9.63. The SMILES string of the molecule is Cc1ccnc(-n2nc(-c3cccc(Br)c3)cc2N)c1. The third-order valence-electron chi connectivity index (χ3n) is 2.98. The van der Waals surface area contributed by atoms with Gasteiger partial charge in [-0.25, -0.2) is 4.98 Å². The van der Waals surface area contributed by atoms with Crippen molar-refractivity contribution in [3.05, 3.63) is 58.7 Å².